The number of amides is 2. The number of rotatable bonds is 11. The molecule has 0 atom stereocenters. The second kappa shape index (κ2) is 11.9. The number of benzene rings is 1. The lowest BCUT2D eigenvalue weighted by Gasteiger charge is -2.34. The molecule has 0 saturated carbocycles. The SMILES string of the molecule is CCC(=O)N1CCN(CCCCCCCCN2C(=S)N(c3ccc4c(c3)COC4=O)C(=O)C2(C)C)CC1. The molecule has 9 heteroatoms. The summed E-state index contributed by atoms with van der Waals surface area (Å²) in [5, 5.41) is 0.529. The van der Waals surface area contributed by atoms with Crippen molar-refractivity contribution in [2.45, 2.75) is 77.9 Å². The fourth-order valence-corrected chi connectivity index (χ4v) is 5.96. The van der Waals surface area contributed by atoms with Crippen molar-refractivity contribution in [3.63, 3.8) is 0 Å². The molecule has 0 spiro atoms. The molecular weight excluding hydrogens is 488 g/mol. The van der Waals surface area contributed by atoms with Gasteiger partial charge >= 0.3 is 5.97 Å². The topological polar surface area (TPSA) is 73.4 Å². The van der Waals surface area contributed by atoms with Crippen LogP contribution in [0.3, 0.4) is 0 Å². The molecule has 0 unspecified atom stereocenters. The molecule has 3 aliphatic heterocycles. The first-order chi connectivity index (χ1) is 17.7. The van der Waals surface area contributed by atoms with Crippen LogP contribution < -0.4 is 4.90 Å². The summed E-state index contributed by atoms with van der Waals surface area (Å²) in [6.45, 7) is 11.6. The summed E-state index contributed by atoms with van der Waals surface area (Å²) in [5.74, 6) is -0.0878. The normalized spacial score (nSPS) is 19.5. The minimum Gasteiger partial charge on any atom is -0.457 e. The Hall–Kier alpha value is -2.52. The second-order valence-corrected chi connectivity index (χ2v) is 11.1. The van der Waals surface area contributed by atoms with Gasteiger partial charge in [0, 0.05) is 44.7 Å². The fraction of sp³-hybridized carbons (Fsp3) is 0.643. The van der Waals surface area contributed by atoms with Gasteiger partial charge in [-0.3, -0.25) is 19.4 Å². The lowest BCUT2D eigenvalue weighted by Crippen LogP contribution is -2.48. The summed E-state index contributed by atoms with van der Waals surface area (Å²) in [5.41, 5.74) is 1.35. The van der Waals surface area contributed by atoms with E-state index in [-0.39, 0.29) is 24.4 Å². The predicted octanol–water partition coefficient (Wildman–Crippen LogP) is 3.96. The number of thiocarbonyl (C=S) groups is 1. The van der Waals surface area contributed by atoms with Crippen LogP contribution in [0.15, 0.2) is 18.2 Å². The molecular formula is C28H40N4O4S. The first-order valence-corrected chi connectivity index (χ1v) is 14.1. The molecule has 202 valence electrons. The highest BCUT2D eigenvalue weighted by atomic mass is 32.1. The number of ether oxygens (including phenoxy) is 1. The maximum Gasteiger partial charge on any atom is 0.338 e. The van der Waals surface area contributed by atoms with E-state index in [1.165, 1.54) is 25.7 Å². The summed E-state index contributed by atoms with van der Waals surface area (Å²) in [6, 6.07) is 5.34. The largest absolute Gasteiger partial charge is 0.457 e. The Bertz CT molecular complexity index is 1040. The lowest BCUT2D eigenvalue weighted by atomic mass is 10.0. The standard InChI is InChI=1S/C28H40N4O4S/c1-4-24(33)30-17-15-29(16-18-30)13-9-7-5-6-8-10-14-31-27(37)32(26(35)28(31,2)3)22-11-12-23-21(19-22)20-36-25(23)34/h11-12,19H,4-10,13-18,20H2,1-3H3. The van der Waals surface area contributed by atoms with Crippen LogP contribution in [-0.4, -0.2) is 82.4 Å². The van der Waals surface area contributed by atoms with Crippen molar-refractivity contribution in [2.75, 3.05) is 44.2 Å². The van der Waals surface area contributed by atoms with Gasteiger partial charge in [0.15, 0.2) is 5.11 Å². The molecule has 0 N–H and O–H groups in total. The summed E-state index contributed by atoms with van der Waals surface area (Å²) in [4.78, 5) is 45.0. The Balaban J connectivity index is 1.16. The second-order valence-electron chi connectivity index (χ2n) is 10.7. The van der Waals surface area contributed by atoms with Gasteiger partial charge in [0.05, 0.1) is 11.3 Å². The van der Waals surface area contributed by atoms with Gasteiger partial charge < -0.3 is 14.5 Å². The van der Waals surface area contributed by atoms with Gasteiger partial charge in [-0.1, -0.05) is 32.6 Å². The van der Waals surface area contributed by atoms with E-state index < -0.39 is 5.54 Å². The van der Waals surface area contributed by atoms with Gasteiger partial charge in [0.2, 0.25) is 5.91 Å². The maximum atomic E-state index is 13.3. The smallest absolute Gasteiger partial charge is 0.338 e. The third kappa shape index (κ3) is 5.98. The van der Waals surface area contributed by atoms with E-state index in [0.29, 0.717) is 22.8 Å². The van der Waals surface area contributed by atoms with Crippen LogP contribution in [0.2, 0.25) is 0 Å². The Labute approximate surface area is 225 Å². The molecule has 4 rings (SSSR count). The number of hydrogen-bond acceptors (Lipinski definition) is 6. The van der Waals surface area contributed by atoms with E-state index in [1.54, 1.807) is 17.0 Å². The fourth-order valence-electron chi connectivity index (χ4n) is 5.45. The van der Waals surface area contributed by atoms with Crippen molar-refractivity contribution < 1.29 is 19.1 Å². The van der Waals surface area contributed by atoms with Crippen LogP contribution in [0.4, 0.5) is 5.69 Å². The monoisotopic (exact) mass is 528 g/mol. The molecule has 8 nitrogen and oxygen atoms in total. The van der Waals surface area contributed by atoms with Crippen molar-refractivity contribution >= 4 is 40.8 Å². The van der Waals surface area contributed by atoms with Crippen LogP contribution in [0.25, 0.3) is 0 Å². The Kier molecular flexibility index (Phi) is 8.85. The van der Waals surface area contributed by atoms with Crippen molar-refractivity contribution in [3.05, 3.63) is 29.3 Å². The Morgan fingerprint density at radius 3 is 2.30 bits per heavy atom. The molecule has 1 aromatic rings. The number of esters is 1. The zero-order valence-electron chi connectivity index (χ0n) is 22.5. The lowest BCUT2D eigenvalue weighted by molar-refractivity contribution is -0.132. The molecule has 0 radical (unpaired) electrons. The highest BCUT2D eigenvalue weighted by Gasteiger charge is 2.49. The predicted molar refractivity (Wildman–Crippen MR) is 147 cm³/mol. The summed E-state index contributed by atoms with van der Waals surface area (Å²) >= 11 is 5.75. The number of cyclic esters (lactones) is 1. The quantitative estimate of drug-likeness (QED) is 0.245. The van der Waals surface area contributed by atoms with Crippen LogP contribution in [-0.2, 0) is 20.9 Å². The number of piperazine rings is 1. The maximum absolute atomic E-state index is 13.3. The van der Waals surface area contributed by atoms with E-state index in [4.69, 9.17) is 17.0 Å². The van der Waals surface area contributed by atoms with Crippen molar-refractivity contribution in [1.29, 1.82) is 0 Å². The zero-order valence-corrected chi connectivity index (χ0v) is 23.3. The number of unbranched alkanes of at least 4 members (excludes halogenated alkanes) is 5. The first kappa shape index (κ1) is 27.5. The van der Waals surface area contributed by atoms with E-state index in [9.17, 15) is 14.4 Å². The molecule has 3 aliphatic rings. The summed E-state index contributed by atoms with van der Waals surface area (Å²) in [7, 11) is 0. The van der Waals surface area contributed by atoms with E-state index in [1.807, 2.05) is 36.6 Å². The molecule has 2 fully saturated rings. The molecule has 2 saturated heterocycles. The number of hydrogen-bond donors (Lipinski definition) is 0. The number of anilines is 1. The average molecular weight is 529 g/mol. The molecule has 0 bridgehead atoms. The van der Waals surface area contributed by atoms with Crippen LogP contribution in [0.1, 0.15) is 81.6 Å². The van der Waals surface area contributed by atoms with Crippen molar-refractivity contribution in [1.82, 2.24) is 14.7 Å². The third-order valence-electron chi connectivity index (χ3n) is 7.88. The van der Waals surface area contributed by atoms with Crippen LogP contribution in [0.5, 0.6) is 0 Å². The van der Waals surface area contributed by atoms with Crippen LogP contribution in [0, 0.1) is 0 Å². The molecule has 37 heavy (non-hydrogen) atoms. The minimum absolute atomic E-state index is 0.0393. The Morgan fingerprint density at radius 2 is 1.62 bits per heavy atom. The molecule has 2 amide bonds. The van der Waals surface area contributed by atoms with Gasteiger partial charge in [-0.2, -0.15) is 0 Å². The molecule has 0 aliphatic carbocycles. The summed E-state index contributed by atoms with van der Waals surface area (Å²) < 4.78 is 5.10. The van der Waals surface area contributed by atoms with E-state index in [2.05, 4.69) is 4.90 Å². The molecule has 1 aromatic carbocycles. The van der Waals surface area contributed by atoms with Gasteiger partial charge in [0.25, 0.3) is 5.91 Å². The molecule has 3 heterocycles. The van der Waals surface area contributed by atoms with Gasteiger partial charge in [0.1, 0.15) is 12.1 Å². The number of carbonyl (C=O) groups excluding carboxylic acids is 3. The minimum atomic E-state index is -0.700. The highest BCUT2D eigenvalue weighted by Crippen LogP contribution is 2.34. The van der Waals surface area contributed by atoms with E-state index in [0.717, 1.165) is 57.7 Å². The van der Waals surface area contributed by atoms with Gasteiger partial charge in [-0.15, -0.1) is 0 Å². The summed E-state index contributed by atoms with van der Waals surface area (Å²) in [6.07, 6.45) is 7.51. The first-order valence-electron chi connectivity index (χ1n) is 13.7. The third-order valence-corrected chi connectivity index (χ3v) is 8.29. The molecule has 0 aromatic heterocycles. The number of carbonyl (C=O) groups is 3. The number of nitrogens with zero attached hydrogens (tertiary/aromatic N) is 4. The van der Waals surface area contributed by atoms with Gasteiger partial charge in [-0.05, 0) is 63.7 Å². The van der Waals surface area contributed by atoms with Crippen LogP contribution >= 0.6 is 12.2 Å². The zero-order chi connectivity index (χ0) is 26.6. The Morgan fingerprint density at radius 1 is 0.973 bits per heavy atom. The highest BCUT2D eigenvalue weighted by molar-refractivity contribution is 7.80. The number of fused-ring (bicyclic) bond motifs is 1. The van der Waals surface area contributed by atoms with E-state index >= 15 is 0 Å². The average Bonchev–Trinajstić information content (AvgIpc) is 3.34. The van der Waals surface area contributed by atoms with Crippen molar-refractivity contribution in [2.24, 2.45) is 0 Å². The van der Waals surface area contributed by atoms with Gasteiger partial charge in [-0.25, -0.2) is 4.79 Å². The van der Waals surface area contributed by atoms with Crippen molar-refractivity contribution in [3.8, 4) is 0 Å².